The van der Waals surface area contributed by atoms with Gasteiger partial charge in [0.2, 0.25) is 0 Å². The lowest BCUT2D eigenvalue weighted by molar-refractivity contribution is 0.0939. The molecule has 0 bridgehead atoms. The third-order valence-corrected chi connectivity index (χ3v) is 3.18. The van der Waals surface area contributed by atoms with Gasteiger partial charge in [-0.3, -0.25) is 9.89 Å². The van der Waals surface area contributed by atoms with Crippen molar-refractivity contribution in [2.24, 2.45) is 0 Å². The van der Waals surface area contributed by atoms with E-state index in [4.69, 9.17) is 9.47 Å². The highest BCUT2D eigenvalue weighted by molar-refractivity contribution is 5.97. The number of H-pyrrole nitrogens is 1. The lowest BCUT2D eigenvalue weighted by Gasteiger charge is -2.20. The van der Waals surface area contributed by atoms with Gasteiger partial charge in [-0.1, -0.05) is 6.07 Å². The first-order valence-corrected chi connectivity index (χ1v) is 6.41. The number of aromatic nitrogens is 2. The molecule has 2 N–H and O–H groups in total. The molecule has 0 saturated carbocycles. The minimum atomic E-state index is -0.187. The highest BCUT2D eigenvalue weighted by Crippen LogP contribution is 2.33. The number of ether oxygens (including phenoxy) is 2. The van der Waals surface area contributed by atoms with Gasteiger partial charge in [-0.15, -0.1) is 0 Å². The van der Waals surface area contributed by atoms with Crippen molar-refractivity contribution >= 4 is 5.91 Å². The molecular formula is C14H15N3O3. The number of benzene rings is 1. The Morgan fingerprint density at radius 3 is 3.05 bits per heavy atom. The van der Waals surface area contributed by atoms with Crippen LogP contribution in [0.5, 0.6) is 11.5 Å². The van der Waals surface area contributed by atoms with Crippen LogP contribution in [-0.2, 0) is 6.54 Å². The molecular weight excluding hydrogens is 258 g/mol. The van der Waals surface area contributed by atoms with Gasteiger partial charge in [-0.2, -0.15) is 5.10 Å². The molecule has 0 unspecified atom stereocenters. The Labute approximate surface area is 116 Å². The van der Waals surface area contributed by atoms with Gasteiger partial charge >= 0.3 is 0 Å². The van der Waals surface area contributed by atoms with Gasteiger partial charge in [0.25, 0.3) is 5.91 Å². The fraction of sp³-hybridized carbons (Fsp3) is 0.286. The number of aromatic amines is 1. The van der Waals surface area contributed by atoms with E-state index in [1.807, 2.05) is 6.92 Å². The predicted molar refractivity (Wildman–Crippen MR) is 71.9 cm³/mol. The molecule has 1 aliphatic rings. The molecule has 0 fully saturated rings. The van der Waals surface area contributed by atoms with Crippen LogP contribution in [0.2, 0.25) is 0 Å². The smallest absolute Gasteiger partial charge is 0.255 e. The summed E-state index contributed by atoms with van der Waals surface area (Å²) in [6, 6.07) is 5.31. The van der Waals surface area contributed by atoms with Crippen molar-refractivity contribution in [2.45, 2.75) is 13.5 Å². The average molecular weight is 273 g/mol. The second kappa shape index (κ2) is 5.24. The second-order valence-electron chi connectivity index (χ2n) is 4.53. The maximum absolute atomic E-state index is 12.2. The Hall–Kier alpha value is -2.50. The van der Waals surface area contributed by atoms with Crippen LogP contribution in [0.1, 0.15) is 21.6 Å². The summed E-state index contributed by atoms with van der Waals surface area (Å²) in [5.74, 6) is 0.941. The van der Waals surface area contributed by atoms with E-state index in [2.05, 4.69) is 15.5 Å². The van der Waals surface area contributed by atoms with Crippen molar-refractivity contribution in [2.75, 3.05) is 13.2 Å². The number of nitrogens with zero attached hydrogens (tertiary/aromatic N) is 1. The predicted octanol–water partition coefficient (Wildman–Crippen LogP) is 1.42. The number of para-hydroxylation sites is 1. The highest BCUT2D eigenvalue weighted by Gasteiger charge is 2.20. The summed E-state index contributed by atoms with van der Waals surface area (Å²) in [6.45, 7) is 3.30. The van der Waals surface area contributed by atoms with Crippen LogP contribution in [0.3, 0.4) is 0 Å². The maximum atomic E-state index is 12.2. The lowest BCUT2D eigenvalue weighted by Crippen LogP contribution is -2.25. The maximum Gasteiger partial charge on any atom is 0.255 e. The first kappa shape index (κ1) is 12.5. The average Bonchev–Trinajstić information content (AvgIpc) is 2.89. The molecule has 2 heterocycles. The van der Waals surface area contributed by atoms with E-state index in [9.17, 15) is 4.79 Å². The highest BCUT2D eigenvalue weighted by atomic mass is 16.6. The van der Waals surface area contributed by atoms with E-state index in [1.165, 1.54) is 0 Å². The first-order valence-electron chi connectivity index (χ1n) is 6.41. The summed E-state index contributed by atoms with van der Waals surface area (Å²) in [5.41, 5.74) is 2.39. The largest absolute Gasteiger partial charge is 0.486 e. The summed E-state index contributed by atoms with van der Waals surface area (Å²) >= 11 is 0. The van der Waals surface area contributed by atoms with Crippen molar-refractivity contribution in [3.8, 4) is 11.5 Å². The fourth-order valence-corrected chi connectivity index (χ4v) is 2.08. The van der Waals surface area contributed by atoms with Gasteiger partial charge in [0.05, 0.1) is 11.8 Å². The number of hydrogen-bond donors (Lipinski definition) is 2. The fourth-order valence-electron chi connectivity index (χ4n) is 2.08. The van der Waals surface area contributed by atoms with Crippen LogP contribution in [0.25, 0.3) is 0 Å². The molecule has 6 nitrogen and oxygen atoms in total. The molecule has 0 radical (unpaired) electrons. The van der Waals surface area contributed by atoms with Crippen LogP contribution in [0.15, 0.2) is 24.4 Å². The minimum absolute atomic E-state index is 0.187. The van der Waals surface area contributed by atoms with Crippen LogP contribution in [0, 0.1) is 6.92 Å². The Balaban J connectivity index is 1.76. The molecule has 20 heavy (non-hydrogen) atoms. The van der Waals surface area contributed by atoms with Gasteiger partial charge in [-0.25, -0.2) is 0 Å². The number of amides is 1. The summed E-state index contributed by atoms with van der Waals surface area (Å²) in [7, 11) is 0. The van der Waals surface area contributed by atoms with E-state index >= 15 is 0 Å². The Morgan fingerprint density at radius 2 is 2.25 bits per heavy atom. The topological polar surface area (TPSA) is 76.2 Å². The summed E-state index contributed by atoms with van der Waals surface area (Å²) in [6.07, 6.45) is 1.70. The lowest BCUT2D eigenvalue weighted by atomic mass is 10.1. The molecule has 0 spiro atoms. The molecule has 1 aromatic heterocycles. The molecule has 0 saturated heterocycles. The number of carbonyl (C=O) groups excluding carboxylic acids is 1. The van der Waals surface area contributed by atoms with Crippen LogP contribution < -0.4 is 14.8 Å². The van der Waals surface area contributed by atoms with Gasteiger partial charge < -0.3 is 14.8 Å². The van der Waals surface area contributed by atoms with E-state index in [1.54, 1.807) is 24.4 Å². The molecule has 104 valence electrons. The SMILES string of the molecule is Cc1[nH]ncc1CNC(=O)c1cccc2c1OCCO2. The van der Waals surface area contributed by atoms with Gasteiger partial charge in [0, 0.05) is 17.8 Å². The standard InChI is InChI=1S/C14H15N3O3/c1-9-10(8-16-17-9)7-15-14(18)11-3-2-4-12-13(11)20-6-5-19-12/h2-4,8H,5-7H2,1H3,(H,15,18)(H,16,17). The molecule has 3 rings (SSSR count). The minimum Gasteiger partial charge on any atom is -0.486 e. The summed E-state index contributed by atoms with van der Waals surface area (Å²) < 4.78 is 11.0. The summed E-state index contributed by atoms with van der Waals surface area (Å²) in [5, 5.41) is 9.62. The van der Waals surface area contributed by atoms with E-state index in [0.717, 1.165) is 11.3 Å². The van der Waals surface area contributed by atoms with Gasteiger partial charge in [-0.05, 0) is 19.1 Å². The number of hydrogen-bond acceptors (Lipinski definition) is 4. The first-order chi connectivity index (χ1) is 9.75. The van der Waals surface area contributed by atoms with E-state index in [0.29, 0.717) is 36.8 Å². The Bertz CT molecular complexity index is 636. The molecule has 6 heteroatoms. The van der Waals surface area contributed by atoms with Gasteiger partial charge in [0.15, 0.2) is 11.5 Å². The van der Waals surface area contributed by atoms with Crippen molar-refractivity contribution in [1.82, 2.24) is 15.5 Å². The number of rotatable bonds is 3. The molecule has 1 aromatic carbocycles. The molecule has 0 aliphatic carbocycles. The number of nitrogens with one attached hydrogen (secondary N) is 2. The molecule has 1 aliphatic heterocycles. The van der Waals surface area contributed by atoms with Crippen LogP contribution >= 0.6 is 0 Å². The zero-order chi connectivity index (χ0) is 13.9. The number of aryl methyl sites for hydroxylation is 1. The number of carbonyl (C=O) groups is 1. The zero-order valence-corrected chi connectivity index (χ0v) is 11.1. The molecule has 2 aromatic rings. The number of fused-ring (bicyclic) bond motifs is 1. The van der Waals surface area contributed by atoms with Crippen molar-refractivity contribution in [3.05, 3.63) is 41.2 Å². The molecule has 1 amide bonds. The van der Waals surface area contributed by atoms with E-state index < -0.39 is 0 Å². The molecule has 0 atom stereocenters. The Kier molecular flexibility index (Phi) is 3.28. The third-order valence-electron chi connectivity index (χ3n) is 3.18. The van der Waals surface area contributed by atoms with Crippen molar-refractivity contribution in [3.63, 3.8) is 0 Å². The van der Waals surface area contributed by atoms with Gasteiger partial charge in [0.1, 0.15) is 13.2 Å². The van der Waals surface area contributed by atoms with Crippen LogP contribution in [0.4, 0.5) is 0 Å². The van der Waals surface area contributed by atoms with E-state index in [-0.39, 0.29) is 5.91 Å². The van der Waals surface area contributed by atoms with Crippen molar-refractivity contribution in [1.29, 1.82) is 0 Å². The van der Waals surface area contributed by atoms with Crippen LogP contribution in [-0.4, -0.2) is 29.3 Å². The quantitative estimate of drug-likeness (QED) is 0.886. The third kappa shape index (κ3) is 2.32. The zero-order valence-electron chi connectivity index (χ0n) is 11.1. The summed E-state index contributed by atoms with van der Waals surface area (Å²) in [4.78, 5) is 12.2. The monoisotopic (exact) mass is 273 g/mol. The van der Waals surface area contributed by atoms with Crippen molar-refractivity contribution < 1.29 is 14.3 Å². The Morgan fingerprint density at radius 1 is 1.40 bits per heavy atom. The second-order valence-corrected chi connectivity index (χ2v) is 4.53. The normalized spacial score (nSPS) is 13.1.